The molecule has 1 fully saturated rings. The standard InChI is InChI=1S/C17H23NO2/c1-14(19)16-11-12-18(13-16)17(20)10-6-5-9-15-7-3-2-4-8-15/h2-5,7-9,14,16,19H,6,10-13H2,1H3/b9-5+. The second-order valence-electron chi connectivity index (χ2n) is 5.48. The van der Waals surface area contributed by atoms with Gasteiger partial charge in [0.25, 0.3) is 0 Å². The van der Waals surface area contributed by atoms with Crippen LogP contribution in [-0.4, -0.2) is 35.1 Å². The molecule has 0 aliphatic carbocycles. The Labute approximate surface area is 120 Å². The summed E-state index contributed by atoms with van der Waals surface area (Å²) in [4.78, 5) is 13.9. The highest BCUT2D eigenvalue weighted by Gasteiger charge is 2.28. The fourth-order valence-corrected chi connectivity index (χ4v) is 2.56. The number of carbonyl (C=O) groups excluding carboxylic acids is 1. The number of aliphatic hydroxyl groups excluding tert-OH is 1. The number of hydrogen-bond acceptors (Lipinski definition) is 2. The summed E-state index contributed by atoms with van der Waals surface area (Å²) < 4.78 is 0. The number of aliphatic hydroxyl groups is 1. The minimum absolute atomic E-state index is 0.200. The summed E-state index contributed by atoms with van der Waals surface area (Å²) in [5.74, 6) is 0.449. The van der Waals surface area contributed by atoms with E-state index in [1.54, 1.807) is 6.92 Å². The summed E-state index contributed by atoms with van der Waals surface area (Å²) in [7, 11) is 0. The number of allylic oxidation sites excluding steroid dienone is 1. The molecule has 0 aromatic heterocycles. The Morgan fingerprint density at radius 3 is 2.85 bits per heavy atom. The van der Waals surface area contributed by atoms with Gasteiger partial charge in [0.05, 0.1) is 6.10 Å². The van der Waals surface area contributed by atoms with E-state index < -0.39 is 0 Å². The normalized spacial score (nSPS) is 20.5. The molecular formula is C17H23NO2. The zero-order valence-corrected chi connectivity index (χ0v) is 12.0. The van der Waals surface area contributed by atoms with Crippen molar-refractivity contribution in [2.45, 2.75) is 32.3 Å². The van der Waals surface area contributed by atoms with Gasteiger partial charge in [-0.3, -0.25) is 4.79 Å². The first-order valence-corrected chi connectivity index (χ1v) is 7.34. The van der Waals surface area contributed by atoms with Gasteiger partial charge in [-0.25, -0.2) is 0 Å². The van der Waals surface area contributed by atoms with Crippen molar-refractivity contribution in [1.82, 2.24) is 4.90 Å². The molecule has 2 atom stereocenters. The van der Waals surface area contributed by atoms with E-state index >= 15 is 0 Å². The van der Waals surface area contributed by atoms with Crippen molar-refractivity contribution in [2.24, 2.45) is 5.92 Å². The molecule has 0 radical (unpaired) electrons. The summed E-state index contributed by atoms with van der Waals surface area (Å²) in [5, 5.41) is 9.54. The number of likely N-dealkylation sites (tertiary alicyclic amines) is 1. The van der Waals surface area contributed by atoms with Gasteiger partial charge in [-0.1, -0.05) is 42.5 Å². The molecule has 0 bridgehead atoms. The van der Waals surface area contributed by atoms with Gasteiger partial charge >= 0.3 is 0 Å². The van der Waals surface area contributed by atoms with Crippen molar-refractivity contribution in [2.75, 3.05) is 13.1 Å². The van der Waals surface area contributed by atoms with Crippen LogP contribution in [0.4, 0.5) is 0 Å². The maximum Gasteiger partial charge on any atom is 0.222 e. The van der Waals surface area contributed by atoms with E-state index in [1.807, 2.05) is 35.2 Å². The van der Waals surface area contributed by atoms with Crippen molar-refractivity contribution in [3.8, 4) is 0 Å². The Morgan fingerprint density at radius 1 is 1.45 bits per heavy atom. The lowest BCUT2D eigenvalue weighted by Crippen LogP contribution is -2.30. The Balaban J connectivity index is 1.72. The van der Waals surface area contributed by atoms with E-state index in [9.17, 15) is 9.90 Å². The molecule has 2 rings (SSSR count). The zero-order chi connectivity index (χ0) is 14.4. The summed E-state index contributed by atoms with van der Waals surface area (Å²) >= 11 is 0. The van der Waals surface area contributed by atoms with Crippen LogP contribution >= 0.6 is 0 Å². The molecule has 1 heterocycles. The van der Waals surface area contributed by atoms with Crippen LogP contribution in [0, 0.1) is 5.92 Å². The smallest absolute Gasteiger partial charge is 0.222 e. The Hall–Kier alpha value is -1.61. The second-order valence-corrected chi connectivity index (χ2v) is 5.48. The maximum absolute atomic E-state index is 12.0. The van der Waals surface area contributed by atoms with Crippen LogP contribution in [0.25, 0.3) is 6.08 Å². The average molecular weight is 273 g/mol. The van der Waals surface area contributed by atoms with Crippen LogP contribution in [0.15, 0.2) is 36.4 Å². The number of nitrogens with zero attached hydrogens (tertiary/aromatic N) is 1. The largest absolute Gasteiger partial charge is 0.393 e. The second kappa shape index (κ2) is 7.25. The van der Waals surface area contributed by atoms with Gasteiger partial charge in [0.15, 0.2) is 0 Å². The van der Waals surface area contributed by atoms with Crippen LogP contribution in [0.3, 0.4) is 0 Å². The van der Waals surface area contributed by atoms with Crippen molar-refractivity contribution < 1.29 is 9.90 Å². The predicted molar refractivity (Wildman–Crippen MR) is 81.1 cm³/mol. The monoisotopic (exact) mass is 273 g/mol. The van der Waals surface area contributed by atoms with Crippen LogP contribution < -0.4 is 0 Å². The van der Waals surface area contributed by atoms with E-state index in [0.717, 1.165) is 24.9 Å². The van der Waals surface area contributed by atoms with Gasteiger partial charge < -0.3 is 10.0 Å². The molecule has 1 N–H and O–H groups in total. The van der Waals surface area contributed by atoms with Crippen molar-refractivity contribution >= 4 is 12.0 Å². The van der Waals surface area contributed by atoms with Crippen LogP contribution in [-0.2, 0) is 4.79 Å². The molecule has 2 unspecified atom stereocenters. The first-order valence-electron chi connectivity index (χ1n) is 7.34. The summed E-state index contributed by atoms with van der Waals surface area (Å²) in [5.41, 5.74) is 1.16. The highest BCUT2D eigenvalue weighted by Crippen LogP contribution is 2.20. The Kier molecular flexibility index (Phi) is 5.36. The maximum atomic E-state index is 12.0. The quantitative estimate of drug-likeness (QED) is 0.896. The van der Waals surface area contributed by atoms with Gasteiger partial charge in [-0.05, 0) is 25.3 Å². The molecule has 108 valence electrons. The fourth-order valence-electron chi connectivity index (χ4n) is 2.56. The van der Waals surface area contributed by atoms with Crippen LogP contribution in [0.1, 0.15) is 31.7 Å². The van der Waals surface area contributed by atoms with Gasteiger partial charge in [-0.2, -0.15) is 0 Å². The van der Waals surface area contributed by atoms with Crippen molar-refractivity contribution in [1.29, 1.82) is 0 Å². The molecule has 1 saturated heterocycles. The van der Waals surface area contributed by atoms with Gasteiger partial charge in [0, 0.05) is 25.4 Å². The predicted octanol–water partition coefficient (Wildman–Crippen LogP) is 2.71. The molecule has 1 aromatic carbocycles. The first-order chi connectivity index (χ1) is 9.66. The summed E-state index contributed by atoms with van der Waals surface area (Å²) in [6.07, 6.45) is 6.03. The minimum Gasteiger partial charge on any atom is -0.393 e. The molecule has 3 nitrogen and oxygen atoms in total. The van der Waals surface area contributed by atoms with Crippen molar-refractivity contribution in [3.63, 3.8) is 0 Å². The number of benzene rings is 1. The SMILES string of the molecule is CC(O)C1CCN(C(=O)CC/C=C/c2ccccc2)C1. The van der Waals surface area contributed by atoms with Crippen LogP contribution in [0.5, 0.6) is 0 Å². The lowest BCUT2D eigenvalue weighted by atomic mass is 10.0. The minimum atomic E-state index is -0.314. The van der Waals surface area contributed by atoms with Crippen LogP contribution in [0.2, 0.25) is 0 Å². The van der Waals surface area contributed by atoms with E-state index in [2.05, 4.69) is 12.2 Å². The third-order valence-corrected chi connectivity index (χ3v) is 3.89. The van der Waals surface area contributed by atoms with E-state index in [4.69, 9.17) is 0 Å². The van der Waals surface area contributed by atoms with E-state index in [0.29, 0.717) is 13.0 Å². The Morgan fingerprint density at radius 2 is 2.20 bits per heavy atom. The average Bonchev–Trinajstić information content (AvgIpc) is 2.94. The molecule has 1 aliphatic rings. The molecule has 1 amide bonds. The molecule has 3 heteroatoms. The fraction of sp³-hybridized carbons (Fsp3) is 0.471. The lowest BCUT2D eigenvalue weighted by molar-refractivity contribution is -0.130. The van der Waals surface area contributed by atoms with Crippen molar-refractivity contribution in [3.05, 3.63) is 42.0 Å². The summed E-state index contributed by atoms with van der Waals surface area (Å²) in [6.45, 7) is 3.30. The number of rotatable bonds is 5. The third-order valence-electron chi connectivity index (χ3n) is 3.89. The number of carbonyl (C=O) groups is 1. The molecule has 0 saturated carbocycles. The molecule has 0 spiro atoms. The number of amides is 1. The molecular weight excluding hydrogens is 250 g/mol. The molecule has 1 aromatic rings. The van der Waals surface area contributed by atoms with E-state index in [-0.39, 0.29) is 17.9 Å². The van der Waals surface area contributed by atoms with Gasteiger partial charge in [0.1, 0.15) is 0 Å². The number of hydrogen-bond donors (Lipinski definition) is 1. The zero-order valence-electron chi connectivity index (χ0n) is 12.0. The first kappa shape index (κ1) is 14.8. The van der Waals surface area contributed by atoms with Gasteiger partial charge in [0.2, 0.25) is 5.91 Å². The lowest BCUT2D eigenvalue weighted by Gasteiger charge is -2.17. The molecule has 20 heavy (non-hydrogen) atoms. The highest BCUT2D eigenvalue weighted by atomic mass is 16.3. The molecule has 1 aliphatic heterocycles. The Bertz CT molecular complexity index is 453. The summed E-state index contributed by atoms with van der Waals surface area (Å²) in [6, 6.07) is 10.1. The highest BCUT2D eigenvalue weighted by molar-refractivity contribution is 5.76. The topological polar surface area (TPSA) is 40.5 Å². The third kappa shape index (κ3) is 4.20. The van der Waals surface area contributed by atoms with E-state index in [1.165, 1.54) is 0 Å². The van der Waals surface area contributed by atoms with Gasteiger partial charge in [-0.15, -0.1) is 0 Å².